The van der Waals surface area contributed by atoms with E-state index in [2.05, 4.69) is 5.32 Å². The molecule has 1 N–H and O–H groups in total. The Kier molecular flexibility index (Phi) is 4.52. The molecule has 1 aromatic rings. The lowest BCUT2D eigenvalue weighted by Crippen LogP contribution is -2.29. The lowest BCUT2D eigenvalue weighted by Gasteiger charge is -2.17. The third-order valence-electron chi connectivity index (χ3n) is 3.10. The zero-order chi connectivity index (χ0) is 13.7. The molecule has 1 aliphatic rings. The average Bonchev–Trinajstić information content (AvgIpc) is 2.93. The molecule has 1 aliphatic heterocycles. The maximum atomic E-state index is 12.4. The van der Waals surface area contributed by atoms with Crippen molar-refractivity contribution < 1.29 is 14.3 Å². The molecule has 5 nitrogen and oxygen atoms in total. The highest BCUT2D eigenvalue weighted by Gasteiger charge is 2.22. The van der Waals surface area contributed by atoms with Gasteiger partial charge in [0, 0.05) is 20.2 Å². The number of rotatable bonds is 4. The number of hydrogen-bond acceptors (Lipinski definition) is 3. The first-order valence-corrected chi connectivity index (χ1v) is 6.39. The number of amides is 2. The van der Waals surface area contributed by atoms with Crippen molar-refractivity contribution in [3.63, 3.8) is 0 Å². The van der Waals surface area contributed by atoms with E-state index in [1.165, 1.54) is 7.11 Å². The topological polar surface area (TPSA) is 58.6 Å². The van der Waals surface area contributed by atoms with Crippen molar-refractivity contribution in [2.24, 2.45) is 0 Å². The second kappa shape index (κ2) is 6.33. The first-order valence-electron chi connectivity index (χ1n) is 6.39. The molecule has 2 rings (SSSR count). The third kappa shape index (κ3) is 3.32. The number of carbonyl (C=O) groups excluding carboxylic acids is 2. The van der Waals surface area contributed by atoms with Crippen molar-refractivity contribution >= 4 is 17.5 Å². The minimum atomic E-state index is -0.260. The molecule has 5 heteroatoms. The van der Waals surface area contributed by atoms with Crippen LogP contribution in [0.5, 0.6) is 0 Å². The fourth-order valence-electron chi connectivity index (χ4n) is 2.19. The second-order valence-corrected chi connectivity index (χ2v) is 4.53. The number of methoxy groups -OCH3 is 1. The predicted octanol–water partition coefficient (Wildman–Crippen LogP) is 1.51. The maximum Gasteiger partial charge on any atom is 0.255 e. The third-order valence-corrected chi connectivity index (χ3v) is 3.10. The van der Waals surface area contributed by atoms with E-state index in [9.17, 15) is 9.59 Å². The highest BCUT2D eigenvalue weighted by molar-refractivity contribution is 6.04. The molecule has 1 heterocycles. The molecular weight excluding hydrogens is 244 g/mol. The number of hydrogen-bond donors (Lipinski definition) is 1. The number of anilines is 1. The summed E-state index contributed by atoms with van der Waals surface area (Å²) < 4.78 is 4.77. The smallest absolute Gasteiger partial charge is 0.255 e. The molecule has 19 heavy (non-hydrogen) atoms. The molecular formula is C14H18N2O3. The summed E-state index contributed by atoms with van der Waals surface area (Å²) in [5, 5.41) is 2.70. The summed E-state index contributed by atoms with van der Waals surface area (Å²) in [6.45, 7) is 1.56. The monoisotopic (exact) mass is 262 g/mol. The van der Waals surface area contributed by atoms with Gasteiger partial charge in [0.15, 0.2) is 0 Å². The fraction of sp³-hybridized carbons (Fsp3) is 0.429. The minimum absolute atomic E-state index is 0.0216. The number of likely N-dealkylation sites (tertiary alicyclic amines) is 1. The predicted molar refractivity (Wildman–Crippen MR) is 72.1 cm³/mol. The van der Waals surface area contributed by atoms with Crippen LogP contribution in [0.3, 0.4) is 0 Å². The van der Waals surface area contributed by atoms with Crippen molar-refractivity contribution in [2.45, 2.75) is 12.8 Å². The van der Waals surface area contributed by atoms with E-state index in [0.29, 0.717) is 11.3 Å². The highest BCUT2D eigenvalue weighted by Crippen LogP contribution is 2.20. The summed E-state index contributed by atoms with van der Waals surface area (Å²) >= 11 is 0. The van der Waals surface area contributed by atoms with Crippen LogP contribution in [-0.4, -0.2) is 43.5 Å². The zero-order valence-electron chi connectivity index (χ0n) is 11.0. The summed E-state index contributed by atoms with van der Waals surface area (Å²) in [7, 11) is 1.46. The van der Waals surface area contributed by atoms with Crippen LogP contribution in [0.4, 0.5) is 5.69 Å². The van der Waals surface area contributed by atoms with Crippen LogP contribution in [0.25, 0.3) is 0 Å². The van der Waals surface area contributed by atoms with Crippen LogP contribution in [0.1, 0.15) is 23.2 Å². The van der Waals surface area contributed by atoms with Gasteiger partial charge < -0.3 is 15.0 Å². The van der Waals surface area contributed by atoms with E-state index in [0.717, 1.165) is 25.9 Å². The number of nitrogens with one attached hydrogen (secondary N) is 1. The van der Waals surface area contributed by atoms with Gasteiger partial charge >= 0.3 is 0 Å². The van der Waals surface area contributed by atoms with E-state index < -0.39 is 0 Å². The van der Waals surface area contributed by atoms with Crippen LogP contribution in [0.15, 0.2) is 24.3 Å². The van der Waals surface area contributed by atoms with E-state index >= 15 is 0 Å². The van der Waals surface area contributed by atoms with Gasteiger partial charge in [-0.3, -0.25) is 9.59 Å². The number of para-hydroxylation sites is 1. The van der Waals surface area contributed by atoms with E-state index in [4.69, 9.17) is 4.74 Å². The van der Waals surface area contributed by atoms with E-state index in [1.807, 2.05) is 4.90 Å². The Labute approximate surface area is 112 Å². The zero-order valence-corrected chi connectivity index (χ0v) is 11.0. The molecule has 0 saturated carbocycles. The number of nitrogens with zero attached hydrogens (tertiary/aromatic N) is 1. The molecule has 0 aromatic heterocycles. The molecule has 0 spiro atoms. The lowest BCUT2D eigenvalue weighted by atomic mass is 10.1. The fourth-order valence-corrected chi connectivity index (χ4v) is 2.19. The normalized spacial score (nSPS) is 14.5. The van der Waals surface area contributed by atoms with Crippen LogP contribution in [-0.2, 0) is 9.53 Å². The SMILES string of the molecule is COCC(=O)Nc1ccccc1C(=O)N1CCCC1. The standard InChI is InChI=1S/C14H18N2O3/c1-19-10-13(17)15-12-7-3-2-6-11(12)14(18)16-8-4-5-9-16/h2-3,6-7H,4-5,8-10H2,1H3,(H,15,17). The summed E-state index contributed by atoms with van der Waals surface area (Å²) in [5.41, 5.74) is 1.08. The Morgan fingerprint density at radius 3 is 2.63 bits per heavy atom. The van der Waals surface area contributed by atoms with Crippen molar-refractivity contribution in [1.29, 1.82) is 0 Å². The van der Waals surface area contributed by atoms with Gasteiger partial charge in [0.05, 0.1) is 11.3 Å². The Balaban J connectivity index is 2.15. The molecule has 0 unspecified atom stereocenters. The Hall–Kier alpha value is -1.88. The molecule has 1 fully saturated rings. The highest BCUT2D eigenvalue weighted by atomic mass is 16.5. The first kappa shape index (κ1) is 13.5. The molecule has 0 bridgehead atoms. The molecule has 1 saturated heterocycles. The number of ether oxygens (including phenoxy) is 1. The molecule has 1 aromatic carbocycles. The van der Waals surface area contributed by atoms with Crippen LogP contribution < -0.4 is 5.32 Å². The van der Waals surface area contributed by atoms with Crippen molar-refractivity contribution in [2.75, 3.05) is 32.1 Å². The quantitative estimate of drug-likeness (QED) is 0.894. The minimum Gasteiger partial charge on any atom is -0.375 e. The average molecular weight is 262 g/mol. The van der Waals surface area contributed by atoms with Crippen molar-refractivity contribution in [3.05, 3.63) is 29.8 Å². The van der Waals surface area contributed by atoms with Gasteiger partial charge in [0.2, 0.25) is 5.91 Å². The van der Waals surface area contributed by atoms with Crippen LogP contribution in [0, 0.1) is 0 Å². The van der Waals surface area contributed by atoms with Crippen molar-refractivity contribution in [3.8, 4) is 0 Å². The summed E-state index contributed by atoms with van der Waals surface area (Å²) in [6, 6.07) is 7.07. The molecule has 2 amide bonds. The van der Waals surface area contributed by atoms with Crippen LogP contribution >= 0.6 is 0 Å². The number of benzene rings is 1. The number of carbonyl (C=O) groups is 2. The molecule has 0 atom stereocenters. The van der Waals surface area contributed by atoms with Gasteiger partial charge in [0.25, 0.3) is 5.91 Å². The molecule has 0 radical (unpaired) electrons. The summed E-state index contributed by atoms with van der Waals surface area (Å²) in [4.78, 5) is 25.7. The van der Waals surface area contributed by atoms with Gasteiger partial charge in [-0.1, -0.05) is 12.1 Å². The van der Waals surface area contributed by atoms with Crippen molar-refractivity contribution in [1.82, 2.24) is 4.90 Å². The molecule has 102 valence electrons. The van der Waals surface area contributed by atoms with Gasteiger partial charge in [-0.2, -0.15) is 0 Å². The van der Waals surface area contributed by atoms with Gasteiger partial charge in [-0.05, 0) is 25.0 Å². The Bertz CT molecular complexity index is 468. The maximum absolute atomic E-state index is 12.4. The molecule has 0 aliphatic carbocycles. The second-order valence-electron chi connectivity index (χ2n) is 4.53. The van der Waals surface area contributed by atoms with Gasteiger partial charge in [0.1, 0.15) is 6.61 Å². The summed E-state index contributed by atoms with van der Waals surface area (Å²) in [5.74, 6) is -0.282. The largest absolute Gasteiger partial charge is 0.375 e. The van der Waals surface area contributed by atoms with E-state index in [-0.39, 0.29) is 18.4 Å². The Morgan fingerprint density at radius 2 is 1.95 bits per heavy atom. The van der Waals surface area contributed by atoms with E-state index in [1.54, 1.807) is 24.3 Å². The van der Waals surface area contributed by atoms with Gasteiger partial charge in [-0.25, -0.2) is 0 Å². The lowest BCUT2D eigenvalue weighted by molar-refractivity contribution is -0.119. The summed E-state index contributed by atoms with van der Waals surface area (Å²) in [6.07, 6.45) is 2.09. The van der Waals surface area contributed by atoms with Gasteiger partial charge in [-0.15, -0.1) is 0 Å². The van der Waals surface area contributed by atoms with Crippen LogP contribution in [0.2, 0.25) is 0 Å². The Morgan fingerprint density at radius 1 is 1.26 bits per heavy atom. The first-order chi connectivity index (χ1) is 9.22.